The van der Waals surface area contributed by atoms with Crippen LogP contribution in [0.4, 0.5) is 36.3 Å². The van der Waals surface area contributed by atoms with Gasteiger partial charge in [-0.3, -0.25) is 4.72 Å². The van der Waals surface area contributed by atoms with Crippen LogP contribution < -0.4 is 14.9 Å². The van der Waals surface area contributed by atoms with Crippen molar-refractivity contribution < 1.29 is 21.6 Å². The normalized spacial score (nSPS) is 13.8. The number of hydrogen-bond acceptors (Lipinski definition) is 10. The molecular formula is C33H29F3N8O2S2. The summed E-state index contributed by atoms with van der Waals surface area (Å²) in [4.78, 5) is 20.0. The van der Waals surface area contributed by atoms with Gasteiger partial charge in [-0.15, -0.1) is 11.3 Å². The minimum atomic E-state index is -4.82. The van der Waals surface area contributed by atoms with Gasteiger partial charge in [-0.05, 0) is 61.4 Å². The second kappa shape index (κ2) is 13.6. The van der Waals surface area contributed by atoms with Gasteiger partial charge in [0.25, 0.3) is 10.0 Å². The fourth-order valence-electron chi connectivity index (χ4n) is 5.20. The summed E-state index contributed by atoms with van der Waals surface area (Å²) in [6, 6.07) is 14.2. The van der Waals surface area contributed by atoms with Crippen LogP contribution in [0.2, 0.25) is 0 Å². The predicted molar refractivity (Wildman–Crippen MR) is 178 cm³/mol. The van der Waals surface area contributed by atoms with Crippen molar-refractivity contribution in [3.8, 4) is 27.9 Å². The van der Waals surface area contributed by atoms with Crippen molar-refractivity contribution in [2.24, 2.45) is 5.92 Å². The Kier molecular flexibility index (Phi) is 9.29. The summed E-state index contributed by atoms with van der Waals surface area (Å²) in [6.07, 6.45) is 4.88. The number of nitriles is 1. The molecule has 0 saturated carbocycles. The lowest BCUT2D eigenvalue weighted by Gasteiger charge is -2.30. The number of piperidine rings is 1. The van der Waals surface area contributed by atoms with Gasteiger partial charge in [0.2, 0.25) is 5.95 Å². The van der Waals surface area contributed by atoms with Crippen LogP contribution in [0.5, 0.6) is 0 Å². The third-order valence-electron chi connectivity index (χ3n) is 7.70. The highest BCUT2D eigenvalue weighted by Crippen LogP contribution is 2.40. The highest BCUT2D eigenvalue weighted by Gasteiger charge is 2.26. The van der Waals surface area contributed by atoms with Crippen molar-refractivity contribution in [2.75, 3.05) is 28.0 Å². The summed E-state index contributed by atoms with van der Waals surface area (Å²) in [5.74, 6) is -2.34. The van der Waals surface area contributed by atoms with Gasteiger partial charge in [0.15, 0.2) is 4.90 Å². The van der Waals surface area contributed by atoms with Crippen molar-refractivity contribution in [1.29, 1.82) is 5.26 Å². The molecule has 2 aromatic carbocycles. The molecule has 3 aromatic heterocycles. The molecule has 4 heterocycles. The Labute approximate surface area is 279 Å². The summed E-state index contributed by atoms with van der Waals surface area (Å²) in [5, 5.41) is 13.1. The highest BCUT2D eigenvalue weighted by molar-refractivity contribution is 7.92. The molecule has 5 aromatic rings. The Morgan fingerprint density at radius 1 is 0.979 bits per heavy atom. The molecule has 246 valence electrons. The fraction of sp³-hybridized carbons (Fsp3) is 0.242. The van der Waals surface area contributed by atoms with E-state index in [0.29, 0.717) is 33.5 Å². The van der Waals surface area contributed by atoms with E-state index in [1.54, 1.807) is 18.5 Å². The van der Waals surface area contributed by atoms with Crippen molar-refractivity contribution in [3.63, 3.8) is 0 Å². The Morgan fingerprint density at radius 3 is 2.40 bits per heavy atom. The zero-order valence-electron chi connectivity index (χ0n) is 25.8. The first-order valence-corrected chi connectivity index (χ1v) is 17.3. The number of benzene rings is 2. The maximum atomic E-state index is 14.9. The molecule has 1 aliphatic rings. The third-order valence-corrected chi connectivity index (χ3v) is 10.5. The van der Waals surface area contributed by atoms with Gasteiger partial charge in [-0.2, -0.15) is 5.26 Å². The number of sulfonamides is 1. The zero-order valence-corrected chi connectivity index (χ0v) is 27.4. The van der Waals surface area contributed by atoms with Crippen molar-refractivity contribution in [3.05, 3.63) is 89.5 Å². The Balaban J connectivity index is 1.28. The Hall–Kier alpha value is -5.07. The van der Waals surface area contributed by atoms with E-state index >= 15 is 0 Å². The second-order valence-corrected chi connectivity index (χ2v) is 14.1. The summed E-state index contributed by atoms with van der Waals surface area (Å²) in [7, 11) is -4.82. The Bertz CT molecular complexity index is 2090. The first-order valence-electron chi connectivity index (χ1n) is 15.0. The lowest BCUT2D eigenvalue weighted by Crippen LogP contribution is -2.33. The first-order chi connectivity index (χ1) is 23.0. The number of aromatic nitrogens is 4. The molecule has 0 amide bonds. The van der Waals surface area contributed by atoms with Gasteiger partial charge < -0.3 is 10.2 Å². The van der Waals surface area contributed by atoms with Crippen LogP contribution in [-0.4, -0.2) is 41.4 Å². The number of thiazole rings is 1. The average Bonchev–Trinajstić information content (AvgIpc) is 3.52. The van der Waals surface area contributed by atoms with E-state index in [4.69, 9.17) is 15.2 Å². The quantitative estimate of drug-likeness (QED) is 0.161. The van der Waals surface area contributed by atoms with Crippen LogP contribution in [0.25, 0.3) is 21.8 Å². The number of anilines is 4. The molecule has 0 radical (unpaired) electrons. The third kappa shape index (κ3) is 6.95. The summed E-state index contributed by atoms with van der Waals surface area (Å²) in [5.41, 5.74) is 1.44. The minimum Gasteiger partial charge on any atom is -0.357 e. The van der Waals surface area contributed by atoms with Crippen LogP contribution in [0.3, 0.4) is 0 Å². The monoisotopic (exact) mass is 690 g/mol. The molecule has 10 nitrogen and oxygen atoms in total. The molecule has 0 spiro atoms. The zero-order chi connectivity index (χ0) is 34.0. The molecule has 6 rings (SSSR count). The van der Waals surface area contributed by atoms with E-state index in [1.807, 2.05) is 30.7 Å². The number of pyridine rings is 1. The smallest absolute Gasteiger partial charge is 0.267 e. The van der Waals surface area contributed by atoms with Crippen LogP contribution in [0.15, 0.2) is 71.9 Å². The first kappa shape index (κ1) is 32.9. The molecule has 1 fully saturated rings. The van der Waals surface area contributed by atoms with Crippen molar-refractivity contribution in [1.82, 2.24) is 19.9 Å². The number of hydrogen-bond donors (Lipinski definition) is 2. The lowest BCUT2D eigenvalue weighted by atomic mass is 9.99. The van der Waals surface area contributed by atoms with Crippen LogP contribution in [-0.2, 0) is 10.0 Å². The number of rotatable bonds is 9. The molecule has 15 heteroatoms. The van der Waals surface area contributed by atoms with Crippen LogP contribution >= 0.6 is 11.3 Å². The number of nitrogens with one attached hydrogen (secondary N) is 2. The maximum absolute atomic E-state index is 14.9. The molecule has 2 N–H and O–H groups in total. The van der Waals surface area contributed by atoms with Crippen molar-refractivity contribution >= 4 is 44.5 Å². The largest absolute Gasteiger partial charge is 0.357 e. The van der Waals surface area contributed by atoms with Gasteiger partial charge in [0.05, 0.1) is 44.9 Å². The topological polar surface area (TPSA) is 137 Å². The highest BCUT2D eigenvalue weighted by atomic mass is 32.2. The summed E-state index contributed by atoms with van der Waals surface area (Å²) in [6.45, 7) is 5.47. The molecular weight excluding hydrogens is 662 g/mol. The van der Waals surface area contributed by atoms with Gasteiger partial charge in [-0.1, -0.05) is 19.9 Å². The van der Waals surface area contributed by atoms with Gasteiger partial charge >= 0.3 is 0 Å². The number of halogens is 3. The summed E-state index contributed by atoms with van der Waals surface area (Å²) < 4.78 is 71.4. The average molecular weight is 691 g/mol. The lowest BCUT2D eigenvalue weighted by molar-refractivity contribution is 0.485. The molecule has 0 bridgehead atoms. The minimum absolute atomic E-state index is 0.0275. The van der Waals surface area contributed by atoms with E-state index in [2.05, 4.69) is 26.3 Å². The SMILES string of the molecule is CC(C)c1nc(-c2ccc(F)c(NS(=O)(=O)c3c(F)cccc3F)c2)c(-c2ccnc(Nc3ccc(N4CCC(C#N)CC4)nc3)n2)s1. The van der Waals surface area contributed by atoms with Crippen LogP contribution in [0, 0.1) is 34.7 Å². The van der Waals surface area contributed by atoms with Crippen molar-refractivity contribution in [2.45, 2.75) is 37.5 Å². The van der Waals surface area contributed by atoms with E-state index in [-0.39, 0.29) is 11.8 Å². The van der Waals surface area contributed by atoms with Gasteiger partial charge in [-0.25, -0.2) is 41.5 Å². The van der Waals surface area contributed by atoms with E-state index in [9.17, 15) is 21.6 Å². The predicted octanol–water partition coefficient (Wildman–Crippen LogP) is 7.49. The molecule has 1 aliphatic heterocycles. The second-order valence-electron chi connectivity index (χ2n) is 11.4. The van der Waals surface area contributed by atoms with Gasteiger partial charge in [0.1, 0.15) is 23.3 Å². The van der Waals surface area contributed by atoms with E-state index < -0.39 is 38.1 Å². The Morgan fingerprint density at radius 2 is 1.73 bits per heavy atom. The maximum Gasteiger partial charge on any atom is 0.267 e. The van der Waals surface area contributed by atoms with E-state index in [0.717, 1.165) is 61.0 Å². The van der Waals surface area contributed by atoms with Gasteiger partial charge in [0, 0.05) is 36.7 Å². The number of nitrogens with zero attached hydrogens (tertiary/aromatic N) is 6. The molecule has 0 atom stereocenters. The fourth-order valence-corrected chi connectivity index (χ4v) is 7.46. The molecule has 0 unspecified atom stereocenters. The standard InChI is InChI=1S/C33H29F3N8O2S2/c1-19(2)32-42-29(21-6-8-23(34)27(16-21)43-48(45,46)31-24(35)4-3-5-25(31)36)30(47-32)26-10-13-38-33(41-26)40-22-7-9-28(39-18-22)44-14-11-20(17-37)12-15-44/h3-10,13,16,18-20,43H,11-12,14-15H2,1-2H3,(H,38,40,41). The molecule has 48 heavy (non-hydrogen) atoms. The molecule has 1 saturated heterocycles. The molecule has 0 aliphatic carbocycles. The summed E-state index contributed by atoms with van der Waals surface area (Å²) >= 11 is 1.38. The van der Waals surface area contributed by atoms with E-state index in [1.165, 1.54) is 23.5 Å². The van der Waals surface area contributed by atoms with Crippen LogP contribution in [0.1, 0.15) is 37.6 Å².